The summed E-state index contributed by atoms with van der Waals surface area (Å²) in [5, 5.41) is 0. The highest BCUT2D eigenvalue weighted by molar-refractivity contribution is 6.17. The number of hydrogen-bond acceptors (Lipinski definition) is 2. The van der Waals surface area contributed by atoms with Gasteiger partial charge in [-0.25, -0.2) is 9.97 Å². The normalized spacial score (nSPS) is 11.8. The van der Waals surface area contributed by atoms with Crippen molar-refractivity contribution in [3.8, 4) is 11.1 Å². The number of halogens is 1. The third kappa shape index (κ3) is 5.84. The minimum atomic E-state index is 0.827. The first-order valence-corrected chi connectivity index (χ1v) is 12.9. The molecule has 8 bridgehead atoms. The van der Waals surface area contributed by atoms with Gasteiger partial charge in [0.15, 0.2) is 0 Å². The van der Waals surface area contributed by atoms with E-state index in [1.807, 2.05) is 36.4 Å². The molecule has 2 N–H and O–H groups in total. The van der Waals surface area contributed by atoms with E-state index in [0.717, 1.165) is 56.3 Å². The Hall–Kier alpha value is -3.89. The molecular formula is C31H29ClN4. The van der Waals surface area contributed by atoms with E-state index in [4.69, 9.17) is 21.6 Å². The van der Waals surface area contributed by atoms with Crippen molar-refractivity contribution in [2.75, 3.05) is 5.88 Å². The van der Waals surface area contributed by atoms with Gasteiger partial charge in [0.2, 0.25) is 0 Å². The molecule has 0 amide bonds. The summed E-state index contributed by atoms with van der Waals surface area (Å²) in [4.78, 5) is 16.5. The number of aromatic amines is 2. The summed E-state index contributed by atoms with van der Waals surface area (Å²) in [6, 6.07) is 25.0. The van der Waals surface area contributed by atoms with Crippen molar-refractivity contribution in [3.63, 3.8) is 0 Å². The van der Waals surface area contributed by atoms with Crippen LogP contribution in [-0.2, 0) is 0 Å². The van der Waals surface area contributed by atoms with Gasteiger partial charge in [-0.2, -0.15) is 0 Å². The van der Waals surface area contributed by atoms with E-state index >= 15 is 0 Å². The fourth-order valence-corrected chi connectivity index (χ4v) is 4.41. The molecule has 6 rings (SSSR count). The van der Waals surface area contributed by atoms with Crippen molar-refractivity contribution < 1.29 is 0 Å². The number of benzene rings is 1. The summed E-state index contributed by atoms with van der Waals surface area (Å²) in [5.74, 6) is 0.827. The second-order valence-corrected chi connectivity index (χ2v) is 9.23. The average Bonchev–Trinajstić information content (AvgIpc) is 3.69. The van der Waals surface area contributed by atoms with Crippen LogP contribution in [-0.4, -0.2) is 25.8 Å². The lowest BCUT2D eigenvalue weighted by molar-refractivity contribution is 0.776. The standard InChI is InChI=1S/C26H18N4.C5H11Cl/c1-2-4-17(5-3-1)25-15-24-14-22-9-8-20(28-22)12-18-6-7-19(27-18)13-21-10-11-23(29-21)16-26(25)30-24;1-2-3-4-5-6/h1-16,27,30H;2-5H2,1H3. The van der Waals surface area contributed by atoms with Crippen molar-refractivity contribution in [2.45, 2.75) is 26.2 Å². The van der Waals surface area contributed by atoms with E-state index in [2.05, 4.69) is 77.6 Å². The second kappa shape index (κ2) is 11.2. The average molecular weight is 493 g/mol. The molecule has 1 aromatic carbocycles. The Morgan fingerprint density at radius 3 is 1.78 bits per heavy atom. The van der Waals surface area contributed by atoms with Gasteiger partial charge in [0.05, 0.1) is 22.8 Å². The van der Waals surface area contributed by atoms with Crippen molar-refractivity contribution in [3.05, 3.63) is 95.6 Å². The maximum atomic E-state index is 5.38. The first-order valence-electron chi connectivity index (χ1n) is 12.4. The Balaban J connectivity index is 0.000000400. The molecule has 0 saturated heterocycles. The highest BCUT2D eigenvalue weighted by Gasteiger charge is 2.06. The van der Waals surface area contributed by atoms with E-state index < -0.39 is 0 Å². The highest BCUT2D eigenvalue weighted by Crippen LogP contribution is 2.27. The van der Waals surface area contributed by atoms with Crippen LogP contribution >= 0.6 is 11.6 Å². The predicted molar refractivity (Wildman–Crippen MR) is 155 cm³/mol. The molecule has 3 aromatic heterocycles. The molecule has 4 aromatic rings. The SMILES string of the molecule is C1=Cc2cc3cc(-c4ccccc4)c(cc4nc(cc5ccc(cc1n2)[nH]5)C=C4)[nH]3.CCCCCCl. The fraction of sp³-hybridized carbons (Fsp3) is 0.161. The maximum absolute atomic E-state index is 5.38. The molecule has 0 spiro atoms. The van der Waals surface area contributed by atoms with Gasteiger partial charge in [-0.15, -0.1) is 11.6 Å². The van der Waals surface area contributed by atoms with E-state index in [1.165, 1.54) is 24.8 Å². The van der Waals surface area contributed by atoms with Gasteiger partial charge in [0, 0.05) is 33.5 Å². The number of nitrogens with one attached hydrogen (secondary N) is 2. The minimum absolute atomic E-state index is 0.827. The van der Waals surface area contributed by atoms with Crippen LogP contribution in [0.1, 0.15) is 49.0 Å². The third-order valence-electron chi connectivity index (χ3n) is 5.99. The first kappa shape index (κ1) is 23.8. The largest absolute Gasteiger partial charge is 0.355 e. The molecule has 0 atom stereocenters. The summed E-state index contributed by atoms with van der Waals surface area (Å²) in [5.41, 5.74) is 10.1. The number of alkyl halides is 1. The summed E-state index contributed by atoms with van der Waals surface area (Å²) in [6.07, 6.45) is 11.9. The predicted octanol–water partition coefficient (Wildman–Crippen LogP) is 8.74. The number of rotatable bonds is 4. The van der Waals surface area contributed by atoms with Crippen molar-refractivity contribution in [1.82, 2.24) is 19.9 Å². The molecule has 0 radical (unpaired) electrons. The van der Waals surface area contributed by atoms with Gasteiger partial charge in [0.1, 0.15) is 0 Å². The molecule has 0 aliphatic carbocycles. The number of hydrogen-bond donors (Lipinski definition) is 2. The molecule has 5 heterocycles. The number of aromatic nitrogens is 4. The zero-order chi connectivity index (χ0) is 24.7. The third-order valence-corrected chi connectivity index (χ3v) is 6.26. The molecule has 36 heavy (non-hydrogen) atoms. The Labute approximate surface area is 216 Å². The Kier molecular flexibility index (Phi) is 7.44. The van der Waals surface area contributed by atoms with E-state index in [1.54, 1.807) is 0 Å². The maximum Gasteiger partial charge on any atom is 0.0658 e. The number of nitrogens with zero attached hydrogens (tertiary/aromatic N) is 2. The molecule has 5 heteroatoms. The van der Waals surface area contributed by atoms with E-state index in [0.29, 0.717) is 0 Å². The van der Waals surface area contributed by atoms with Gasteiger partial charge < -0.3 is 9.97 Å². The summed E-state index contributed by atoms with van der Waals surface area (Å²) in [7, 11) is 0. The van der Waals surface area contributed by atoms with Gasteiger partial charge in [-0.1, -0.05) is 50.1 Å². The van der Waals surface area contributed by atoms with Crippen LogP contribution in [0.5, 0.6) is 0 Å². The molecule has 0 unspecified atom stereocenters. The zero-order valence-corrected chi connectivity index (χ0v) is 21.1. The summed E-state index contributed by atoms with van der Waals surface area (Å²) >= 11 is 5.38. The molecule has 0 saturated carbocycles. The molecular weight excluding hydrogens is 464 g/mol. The van der Waals surface area contributed by atoms with Crippen LogP contribution in [0, 0.1) is 0 Å². The van der Waals surface area contributed by atoms with E-state index in [-0.39, 0.29) is 0 Å². The molecule has 2 aliphatic heterocycles. The molecule has 2 aliphatic rings. The lowest BCUT2D eigenvalue weighted by Crippen LogP contribution is -1.77. The second-order valence-electron chi connectivity index (χ2n) is 8.85. The van der Waals surface area contributed by atoms with Crippen LogP contribution in [0.25, 0.3) is 57.5 Å². The number of fused-ring (bicyclic) bond motifs is 8. The lowest BCUT2D eigenvalue weighted by atomic mass is 10.1. The van der Waals surface area contributed by atoms with Gasteiger partial charge >= 0.3 is 0 Å². The van der Waals surface area contributed by atoms with Crippen LogP contribution in [0.3, 0.4) is 0 Å². The van der Waals surface area contributed by atoms with Crippen LogP contribution in [0.4, 0.5) is 0 Å². The van der Waals surface area contributed by atoms with Crippen molar-refractivity contribution in [2.24, 2.45) is 0 Å². The first-order chi connectivity index (χ1) is 17.7. The smallest absolute Gasteiger partial charge is 0.0658 e. The molecule has 4 nitrogen and oxygen atoms in total. The minimum Gasteiger partial charge on any atom is -0.355 e. The molecule has 0 fully saturated rings. The fourth-order valence-electron chi connectivity index (χ4n) is 4.22. The van der Waals surface area contributed by atoms with Gasteiger partial charge in [0.25, 0.3) is 0 Å². The number of H-pyrrole nitrogens is 2. The van der Waals surface area contributed by atoms with Gasteiger partial charge in [-0.3, -0.25) is 0 Å². The monoisotopic (exact) mass is 492 g/mol. The Morgan fingerprint density at radius 1 is 0.639 bits per heavy atom. The van der Waals surface area contributed by atoms with Crippen LogP contribution in [0.15, 0.2) is 72.8 Å². The van der Waals surface area contributed by atoms with E-state index in [9.17, 15) is 0 Å². The summed E-state index contributed by atoms with van der Waals surface area (Å²) < 4.78 is 0. The lowest BCUT2D eigenvalue weighted by Gasteiger charge is -1.97. The summed E-state index contributed by atoms with van der Waals surface area (Å²) in [6.45, 7) is 2.17. The Morgan fingerprint density at radius 2 is 1.22 bits per heavy atom. The van der Waals surface area contributed by atoms with Crippen molar-refractivity contribution in [1.29, 1.82) is 0 Å². The number of unbranched alkanes of at least 4 members (excludes halogenated alkanes) is 2. The highest BCUT2D eigenvalue weighted by atomic mass is 35.5. The quantitative estimate of drug-likeness (QED) is 0.191. The van der Waals surface area contributed by atoms with Gasteiger partial charge in [-0.05, 0) is 78.8 Å². The Bertz CT molecular complexity index is 1550. The van der Waals surface area contributed by atoms with Crippen LogP contribution < -0.4 is 0 Å². The van der Waals surface area contributed by atoms with Crippen molar-refractivity contribution >= 4 is 58.0 Å². The molecule has 180 valence electrons. The zero-order valence-electron chi connectivity index (χ0n) is 20.3. The van der Waals surface area contributed by atoms with Crippen LogP contribution in [0.2, 0.25) is 0 Å². The topological polar surface area (TPSA) is 57.4 Å².